The highest BCUT2D eigenvalue weighted by Gasteiger charge is 2.21. The molecule has 0 amide bonds. The summed E-state index contributed by atoms with van der Waals surface area (Å²) in [5.74, 6) is -0.347. The highest BCUT2D eigenvalue weighted by Crippen LogP contribution is 2.33. The van der Waals surface area contributed by atoms with E-state index >= 15 is 0 Å². The van der Waals surface area contributed by atoms with Crippen LogP contribution in [0.2, 0.25) is 5.02 Å². The number of benzene rings is 1. The molecule has 1 fully saturated rings. The summed E-state index contributed by atoms with van der Waals surface area (Å²) in [7, 11) is 0. The van der Waals surface area contributed by atoms with Crippen molar-refractivity contribution in [2.75, 3.05) is 11.9 Å². The van der Waals surface area contributed by atoms with Gasteiger partial charge < -0.3 is 10.1 Å². The van der Waals surface area contributed by atoms with Gasteiger partial charge in [-0.15, -0.1) is 0 Å². The van der Waals surface area contributed by atoms with Crippen LogP contribution in [0.1, 0.15) is 49.4 Å². The number of carbonyl (C=O) groups excluding carboxylic acids is 1. The lowest BCUT2D eigenvalue weighted by molar-refractivity contribution is 0.0527. The lowest BCUT2D eigenvalue weighted by Crippen LogP contribution is -2.24. The number of carbonyl (C=O) groups is 1. The van der Waals surface area contributed by atoms with Crippen molar-refractivity contribution in [1.82, 2.24) is 4.98 Å². The molecular formula is C18H21ClN2O2. The van der Waals surface area contributed by atoms with E-state index in [1.165, 1.54) is 19.3 Å². The number of ether oxygens (including phenoxy) is 1. The highest BCUT2D eigenvalue weighted by molar-refractivity contribution is 6.35. The summed E-state index contributed by atoms with van der Waals surface area (Å²) in [5.41, 5.74) is 1.98. The van der Waals surface area contributed by atoms with Gasteiger partial charge in [0.2, 0.25) is 0 Å². The summed E-state index contributed by atoms with van der Waals surface area (Å²) in [4.78, 5) is 16.7. The van der Waals surface area contributed by atoms with Crippen molar-refractivity contribution in [3.63, 3.8) is 0 Å². The Morgan fingerprint density at radius 1 is 1.35 bits per heavy atom. The Balaban J connectivity index is 2.06. The SMILES string of the molecule is CCOC(=O)c1cnc2c(Cl)cccc2c1NC1CCCCC1. The van der Waals surface area contributed by atoms with Crippen LogP contribution in [0.3, 0.4) is 0 Å². The molecule has 1 N–H and O–H groups in total. The van der Waals surface area contributed by atoms with E-state index in [0.29, 0.717) is 28.8 Å². The lowest BCUT2D eigenvalue weighted by Gasteiger charge is -2.25. The minimum Gasteiger partial charge on any atom is -0.462 e. The molecule has 0 spiro atoms. The second-order valence-corrected chi connectivity index (χ2v) is 6.29. The molecule has 1 aliphatic carbocycles. The minimum absolute atomic E-state index is 0.343. The fraction of sp³-hybridized carbons (Fsp3) is 0.444. The van der Waals surface area contributed by atoms with E-state index in [0.717, 1.165) is 23.9 Å². The summed E-state index contributed by atoms with van der Waals surface area (Å²) < 4.78 is 5.18. The number of aromatic nitrogens is 1. The Bertz CT molecular complexity index is 711. The van der Waals surface area contributed by atoms with Crippen LogP contribution >= 0.6 is 11.6 Å². The number of anilines is 1. The molecule has 1 aromatic carbocycles. The molecule has 3 rings (SSSR count). The van der Waals surface area contributed by atoms with Crippen molar-refractivity contribution < 1.29 is 9.53 Å². The predicted octanol–water partition coefficient (Wildman–Crippen LogP) is 4.81. The van der Waals surface area contributed by atoms with Crippen LogP contribution < -0.4 is 5.32 Å². The van der Waals surface area contributed by atoms with Crippen molar-refractivity contribution in [2.24, 2.45) is 0 Å². The quantitative estimate of drug-likeness (QED) is 0.816. The van der Waals surface area contributed by atoms with Gasteiger partial charge in [0, 0.05) is 17.6 Å². The first kappa shape index (κ1) is 16.1. The summed E-state index contributed by atoms with van der Waals surface area (Å²) in [5, 5.41) is 5.02. The maximum absolute atomic E-state index is 12.3. The topological polar surface area (TPSA) is 51.2 Å². The van der Waals surface area contributed by atoms with Crippen LogP contribution in [0.4, 0.5) is 5.69 Å². The van der Waals surface area contributed by atoms with Gasteiger partial charge in [0.05, 0.1) is 22.8 Å². The largest absolute Gasteiger partial charge is 0.462 e. The van der Waals surface area contributed by atoms with Crippen molar-refractivity contribution >= 4 is 34.2 Å². The third kappa shape index (κ3) is 3.42. The number of halogens is 1. The lowest BCUT2D eigenvalue weighted by atomic mass is 9.94. The Morgan fingerprint density at radius 3 is 2.87 bits per heavy atom. The number of pyridine rings is 1. The first-order valence-electron chi connectivity index (χ1n) is 8.21. The van der Waals surface area contributed by atoms with Crippen molar-refractivity contribution in [1.29, 1.82) is 0 Å². The molecule has 1 aliphatic rings. The van der Waals surface area contributed by atoms with Gasteiger partial charge in [-0.2, -0.15) is 0 Å². The summed E-state index contributed by atoms with van der Waals surface area (Å²) in [6, 6.07) is 6.02. The van der Waals surface area contributed by atoms with Crippen LogP contribution in [-0.4, -0.2) is 23.6 Å². The Morgan fingerprint density at radius 2 is 2.13 bits per heavy atom. The molecule has 1 heterocycles. The van der Waals surface area contributed by atoms with Gasteiger partial charge in [-0.25, -0.2) is 4.79 Å². The molecule has 0 radical (unpaired) electrons. The third-order valence-electron chi connectivity index (χ3n) is 4.30. The standard InChI is InChI=1S/C18H21ClN2O2/c1-2-23-18(22)14-11-20-17-13(9-6-10-15(17)19)16(14)21-12-7-4-3-5-8-12/h6,9-12H,2-5,7-8H2,1H3,(H,20,21). The van der Waals surface area contributed by atoms with E-state index < -0.39 is 0 Å². The van der Waals surface area contributed by atoms with Crippen LogP contribution in [0.25, 0.3) is 10.9 Å². The van der Waals surface area contributed by atoms with Gasteiger partial charge in [0.25, 0.3) is 0 Å². The van der Waals surface area contributed by atoms with E-state index in [4.69, 9.17) is 16.3 Å². The highest BCUT2D eigenvalue weighted by atomic mass is 35.5. The second-order valence-electron chi connectivity index (χ2n) is 5.88. The molecule has 1 aromatic heterocycles. The van der Waals surface area contributed by atoms with Gasteiger partial charge in [0.1, 0.15) is 5.56 Å². The molecule has 0 saturated heterocycles. The maximum atomic E-state index is 12.3. The zero-order chi connectivity index (χ0) is 16.2. The fourth-order valence-corrected chi connectivity index (χ4v) is 3.38. The molecule has 0 unspecified atom stereocenters. The summed E-state index contributed by atoms with van der Waals surface area (Å²) in [6.07, 6.45) is 7.52. The predicted molar refractivity (Wildman–Crippen MR) is 93.2 cm³/mol. The number of hydrogen-bond acceptors (Lipinski definition) is 4. The van der Waals surface area contributed by atoms with Gasteiger partial charge in [0.15, 0.2) is 0 Å². The van der Waals surface area contributed by atoms with Gasteiger partial charge in [-0.1, -0.05) is 43.0 Å². The maximum Gasteiger partial charge on any atom is 0.341 e. The number of rotatable bonds is 4. The molecule has 4 nitrogen and oxygen atoms in total. The zero-order valence-corrected chi connectivity index (χ0v) is 14.0. The monoisotopic (exact) mass is 332 g/mol. The Hall–Kier alpha value is -1.81. The number of hydrogen-bond donors (Lipinski definition) is 1. The third-order valence-corrected chi connectivity index (χ3v) is 4.60. The number of para-hydroxylation sites is 1. The van der Waals surface area contributed by atoms with E-state index in [1.807, 2.05) is 18.2 Å². The summed E-state index contributed by atoms with van der Waals surface area (Å²) >= 11 is 6.26. The molecule has 5 heteroatoms. The van der Waals surface area contributed by atoms with Crippen LogP contribution in [0.5, 0.6) is 0 Å². The molecular weight excluding hydrogens is 312 g/mol. The molecule has 122 valence electrons. The zero-order valence-electron chi connectivity index (χ0n) is 13.3. The summed E-state index contributed by atoms with van der Waals surface area (Å²) in [6.45, 7) is 2.15. The molecule has 23 heavy (non-hydrogen) atoms. The molecule has 0 bridgehead atoms. The molecule has 1 saturated carbocycles. The van der Waals surface area contributed by atoms with Crippen LogP contribution in [0, 0.1) is 0 Å². The fourth-order valence-electron chi connectivity index (χ4n) is 3.16. The van der Waals surface area contributed by atoms with Crippen molar-refractivity contribution in [3.8, 4) is 0 Å². The van der Waals surface area contributed by atoms with Gasteiger partial charge >= 0.3 is 5.97 Å². The number of fused-ring (bicyclic) bond motifs is 1. The number of nitrogens with one attached hydrogen (secondary N) is 1. The minimum atomic E-state index is -0.347. The van der Waals surface area contributed by atoms with Gasteiger partial charge in [-0.05, 0) is 25.8 Å². The second kappa shape index (κ2) is 7.18. The van der Waals surface area contributed by atoms with Crippen molar-refractivity contribution in [3.05, 3.63) is 35.0 Å². The van der Waals surface area contributed by atoms with Crippen LogP contribution in [-0.2, 0) is 4.74 Å². The number of nitrogens with zero attached hydrogens (tertiary/aromatic N) is 1. The molecule has 2 aromatic rings. The molecule has 0 aliphatic heterocycles. The Kier molecular flexibility index (Phi) is 5.01. The van der Waals surface area contributed by atoms with E-state index in [9.17, 15) is 4.79 Å². The van der Waals surface area contributed by atoms with Crippen molar-refractivity contribution in [2.45, 2.75) is 45.1 Å². The Labute approximate surface area is 141 Å². The average Bonchev–Trinajstić information content (AvgIpc) is 2.57. The first-order chi connectivity index (χ1) is 11.2. The number of esters is 1. The van der Waals surface area contributed by atoms with Crippen LogP contribution in [0.15, 0.2) is 24.4 Å². The van der Waals surface area contributed by atoms with Gasteiger partial charge in [-0.3, -0.25) is 4.98 Å². The normalized spacial score (nSPS) is 15.6. The smallest absolute Gasteiger partial charge is 0.341 e. The molecule has 0 atom stereocenters. The van der Waals surface area contributed by atoms with E-state index in [-0.39, 0.29) is 5.97 Å². The average molecular weight is 333 g/mol. The van der Waals surface area contributed by atoms with E-state index in [2.05, 4.69) is 10.3 Å². The first-order valence-corrected chi connectivity index (χ1v) is 8.59. The van der Waals surface area contributed by atoms with E-state index in [1.54, 1.807) is 13.1 Å².